The highest BCUT2D eigenvalue weighted by atomic mass is 79.9. The summed E-state index contributed by atoms with van der Waals surface area (Å²) in [6, 6.07) is 5.06. The molecule has 94 valence electrons. The highest BCUT2D eigenvalue weighted by Crippen LogP contribution is 2.25. The van der Waals surface area contributed by atoms with Crippen molar-refractivity contribution in [2.45, 2.75) is 18.2 Å². The van der Waals surface area contributed by atoms with Crippen LogP contribution in [0.15, 0.2) is 18.2 Å². The third-order valence-corrected chi connectivity index (χ3v) is 3.47. The lowest BCUT2D eigenvalue weighted by Crippen LogP contribution is -2.29. The molecule has 0 saturated carbocycles. The summed E-state index contributed by atoms with van der Waals surface area (Å²) in [4.78, 5) is 14.1. The fourth-order valence-electron chi connectivity index (χ4n) is 1.37. The predicted molar refractivity (Wildman–Crippen MR) is 76.4 cm³/mol. The lowest BCUT2D eigenvalue weighted by molar-refractivity contribution is 0.0794. The second-order valence-corrected chi connectivity index (χ2v) is 6.27. The third-order valence-electron chi connectivity index (χ3n) is 2.39. The van der Waals surface area contributed by atoms with E-state index in [1.165, 1.54) is 0 Å². The molecule has 2 nitrogen and oxygen atoms in total. The van der Waals surface area contributed by atoms with Crippen LogP contribution in [0.3, 0.4) is 0 Å². The summed E-state index contributed by atoms with van der Waals surface area (Å²) in [5, 5.41) is 0.780. The summed E-state index contributed by atoms with van der Waals surface area (Å²) < 4.78 is 0. The molecular formula is C12H14BrCl2NO. The molecule has 17 heavy (non-hydrogen) atoms. The van der Waals surface area contributed by atoms with Crippen LogP contribution >= 0.6 is 39.1 Å². The Labute approximate surface area is 120 Å². The number of nitrogens with zero attached hydrogens (tertiary/aromatic N) is 1. The molecule has 1 rings (SSSR count). The van der Waals surface area contributed by atoms with Crippen molar-refractivity contribution < 1.29 is 4.79 Å². The molecule has 0 aliphatic carbocycles. The van der Waals surface area contributed by atoms with Gasteiger partial charge in [0, 0.05) is 18.4 Å². The standard InChI is InChI=1S/C12H14BrCl2NO/c1-8(13)6-7-16(2)12(17)11-9(14)4-3-5-10(11)15/h3-5,8H,6-7H2,1-2H3. The largest absolute Gasteiger partial charge is 0.342 e. The normalized spacial score (nSPS) is 12.3. The van der Waals surface area contributed by atoms with Gasteiger partial charge in [0.1, 0.15) is 0 Å². The van der Waals surface area contributed by atoms with E-state index in [2.05, 4.69) is 15.9 Å². The van der Waals surface area contributed by atoms with Crippen molar-refractivity contribution in [2.24, 2.45) is 0 Å². The van der Waals surface area contributed by atoms with Crippen LogP contribution in [-0.4, -0.2) is 29.2 Å². The Morgan fingerprint density at radius 1 is 1.41 bits per heavy atom. The molecule has 0 fully saturated rings. The number of hydrogen-bond acceptors (Lipinski definition) is 1. The highest BCUT2D eigenvalue weighted by Gasteiger charge is 2.18. The van der Waals surface area contributed by atoms with E-state index < -0.39 is 0 Å². The fourth-order valence-corrected chi connectivity index (χ4v) is 2.13. The van der Waals surface area contributed by atoms with E-state index in [1.54, 1.807) is 30.1 Å². The number of benzene rings is 1. The van der Waals surface area contributed by atoms with Gasteiger partial charge in [0.25, 0.3) is 5.91 Å². The molecule has 0 spiro atoms. The van der Waals surface area contributed by atoms with Gasteiger partial charge in [-0.25, -0.2) is 0 Å². The molecular weight excluding hydrogens is 325 g/mol. The Morgan fingerprint density at radius 3 is 2.41 bits per heavy atom. The third kappa shape index (κ3) is 4.16. The topological polar surface area (TPSA) is 20.3 Å². The molecule has 0 N–H and O–H groups in total. The summed E-state index contributed by atoms with van der Waals surface area (Å²) >= 11 is 15.4. The lowest BCUT2D eigenvalue weighted by Gasteiger charge is -2.19. The van der Waals surface area contributed by atoms with Crippen LogP contribution in [0.1, 0.15) is 23.7 Å². The first-order valence-electron chi connectivity index (χ1n) is 5.27. The van der Waals surface area contributed by atoms with Crippen molar-refractivity contribution in [1.29, 1.82) is 0 Å². The van der Waals surface area contributed by atoms with Crippen molar-refractivity contribution in [2.75, 3.05) is 13.6 Å². The maximum absolute atomic E-state index is 12.1. The average molecular weight is 339 g/mol. The van der Waals surface area contributed by atoms with Crippen LogP contribution in [0.4, 0.5) is 0 Å². The number of halogens is 3. The van der Waals surface area contributed by atoms with E-state index >= 15 is 0 Å². The van der Waals surface area contributed by atoms with Crippen LogP contribution in [0.5, 0.6) is 0 Å². The molecule has 1 aromatic rings. The SMILES string of the molecule is CC(Br)CCN(C)C(=O)c1c(Cl)cccc1Cl. The predicted octanol–water partition coefficient (Wildman–Crippen LogP) is 4.24. The fraction of sp³-hybridized carbons (Fsp3) is 0.417. The van der Waals surface area contributed by atoms with Crippen LogP contribution in [-0.2, 0) is 0 Å². The number of amides is 1. The van der Waals surface area contributed by atoms with Gasteiger partial charge in [0.05, 0.1) is 15.6 Å². The highest BCUT2D eigenvalue weighted by molar-refractivity contribution is 9.09. The molecule has 5 heteroatoms. The molecule has 0 saturated heterocycles. The molecule has 0 heterocycles. The van der Waals surface area contributed by atoms with Crippen LogP contribution in [0.2, 0.25) is 10.0 Å². The van der Waals surface area contributed by atoms with E-state index in [0.29, 0.717) is 27.0 Å². The summed E-state index contributed by atoms with van der Waals surface area (Å²) in [7, 11) is 1.75. The first-order valence-corrected chi connectivity index (χ1v) is 6.94. The van der Waals surface area contributed by atoms with Crippen molar-refractivity contribution >= 4 is 45.0 Å². The Kier molecular flexibility index (Phi) is 5.77. The van der Waals surface area contributed by atoms with Gasteiger partial charge in [0.15, 0.2) is 0 Å². The van der Waals surface area contributed by atoms with E-state index in [1.807, 2.05) is 6.92 Å². The van der Waals surface area contributed by atoms with Gasteiger partial charge in [-0.1, -0.05) is 52.1 Å². The van der Waals surface area contributed by atoms with E-state index in [9.17, 15) is 4.79 Å². The van der Waals surface area contributed by atoms with Gasteiger partial charge < -0.3 is 4.90 Å². The van der Waals surface area contributed by atoms with Crippen LogP contribution in [0.25, 0.3) is 0 Å². The quantitative estimate of drug-likeness (QED) is 0.752. The number of hydrogen-bond donors (Lipinski definition) is 0. The Bertz CT molecular complexity index is 389. The number of alkyl halides is 1. The van der Waals surface area contributed by atoms with Crippen LogP contribution < -0.4 is 0 Å². The molecule has 1 aromatic carbocycles. The van der Waals surface area contributed by atoms with Crippen molar-refractivity contribution in [3.8, 4) is 0 Å². The molecule has 1 unspecified atom stereocenters. The smallest absolute Gasteiger partial charge is 0.256 e. The maximum atomic E-state index is 12.1. The molecule has 0 radical (unpaired) electrons. The zero-order valence-electron chi connectivity index (χ0n) is 9.71. The van der Waals surface area contributed by atoms with Gasteiger partial charge in [-0.05, 0) is 18.6 Å². The first-order chi connectivity index (χ1) is 7.93. The van der Waals surface area contributed by atoms with Gasteiger partial charge in [0.2, 0.25) is 0 Å². The second kappa shape index (κ2) is 6.62. The minimum atomic E-state index is -0.145. The van der Waals surface area contributed by atoms with Crippen molar-refractivity contribution in [1.82, 2.24) is 4.90 Å². The summed E-state index contributed by atoms with van der Waals surface area (Å²) in [6.07, 6.45) is 0.879. The van der Waals surface area contributed by atoms with Gasteiger partial charge >= 0.3 is 0 Å². The average Bonchev–Trinajstić information content (AvgIpc) is 2.25. The van der Waals surface area contributed by atoms with Gasteiger partial charge in [-0.15, -0.1) is 0 Å². The first kappa shape index (κ1) is 14.8. The summed E-state index contributed by atoms with van der Waals surface area (Å²) in [6.45, 7) is 2.70. The zero-order chi connectivity index (χ0) is 13.0. The minimum Gasteiger partial charge on any atom is -0.342 e. The summed E-state index contributed by atoms with van der Waals surface area (Å²) in [5.74, 6) is -0.145. The Hall–Kier alpha value is -0.250. The van der Waals surface area contributed by atoms with Crippen LogP contribution in [0, 0.1) is 0 Å². The molecule has 0 aromatic heterocycles. The van der Waals surface area contributed by atoms with Crippen molar-refractivity contribution in [3.05, 3.63) is 33.8 Å². The van der Waals surface area contributed by atoms with Gasteiger partial charge in [-0.2, -0.15) is 0 Å². The summed E-state index contributed by atoms with van der Waals surface area (Å²) in [5.41, 5.74) is 0.376. The van der Waals surface area contributed by atoms with E-state index in [4.69, 9.17) is 23.2 Å². The number of rotatable bonds is 4. The lowest BCUT2D eigenvalue weighted by atomic mass is 10.2. The second-order valence-electron chi connectivity index (χ2n) is 3.89. The van der Waals surface area contributed by atoms with Gasteiger partial charge in [-0.3, -0.25) is 4.79 Å². The van der Waals surface area contributed by atoms with E-state index in [0.717, 1.165) is 6.42 Å². The minimum absolute atomic E-state index is 0.145. The van der Waals surface area contributed by atoms with E-state index in [-0.39, 0.29) is 5.91 Å². The Morgan fingerprint density at radius 2 is 1.94 bits per heavy atom. The Balaban J connectivity index is 2.82. The number of carbonyl (C=O) groups is 1. The molecule has 1 atom stereocenters. The molecule has 0 aliphatic rings. The molecule has 0 bridgehead atoms. The molecule has 0 aliphatic heterocycles. The zero-order valence-corrected chi connectivity index (χ0v) is 12.8. The maximum Gasteiger partial charge on any atom is 0.256 e. The van der Waals surface area contributed by atoms with Crippen molar-refractivity contribution in [3.63, 3.8) is 0 Å². The number of carbonyl (C=O) groups excluding carboxylic acids is 1. The molecule has 1 amide bonds. The monoisotopic (exact) mass is 337 g/mol.